The van der Waals surface area contributed by atoms with Crippen LogP contribution in [0.25, 0.3) is 0 Å². The second-order valence-electron chi connectivity index (χ2n) is 6.20. The Hall–Kier alpha value is -2.78. The summed E-state index contributed by atoms with van der Waals surface area (Å²) in [5.41, 5.74) is -2.45. The van der Waals surface area contributed by atoms with Crippen molar-refractivity contribution in [1.29, 1.82) is 0 Å². The summed E-state index contributed by atoms with van der Waals surface area (Å²) in [5.74, 6) is -1.07. The Kier molecular flexibility index (Phi) is 5.22. The lowest BCUT2D eigenvalue weighted by molar-refractivity contribution is -0.138. The van der Waals surface area contributed by atoms with E-state index in [1.807, 2.05) is 0 Å². The molecule has 0 saturated carbocycles. The largest absolute Gasteiger partial charge is 0.472 e. The van der Waals surface area contributed by atoms with E-state index in [2.05, 4.69) is 4.98 Å². The molecule has 1 saturated heterocycles. The minimum Gasteiger partial charge on any atom is -0.472 e. The Morgan fingerprint density at radius 3 is 2.46 bits per heavy atom. The molecule has 2 aromatic rings. The van der Waals surface area contributed by atoms with E-state index >= 15 is 0 Å². The van der Waals surface area contributed by atoms with Crippen molar-refractivity contribution in [1.82, 2.24) is 9.88 Å². The molecule has 1 aromatic heterocycles. The molecule has 1 fully saturated rings. The molecule has 1 aromatic carbocycles. The van der Waals surface area contributed by atoms with E-state index in [0.717, 1.165) is 30.5 Å². The molecule has 0 spiro atoms. The first-order valence-electron chi connectivity index (χ1n) is 8.21. The maximum Gasteiger partial charge on any atom is 0.417 e. The number of aromatic nitrogens is 1. The molecule has 0 radical (unpaired) electrons. The van der Waals surface area contributed by atoms with Gasteiger partial charge in [0.25, 0.3) is 5.91 Å². The van der Waals surface area contributed by atoms with Gasteiger partial charge in [0.2, 0.25) is 5.88 Å². The van der Waals surface area contributed by atoms with Crippen LogP contribution in [0.3, 0.4) is 0 Å². The third kappa shape index (κ3) is 4.37. The molecule has 2 heterocycles. The molecule has 1 amide bonds. The smallest absolute Gasteiger partial charge is 0.417 e. The molecule has 1 aliphatic heterocycles. The van der Waals surface area contributed by atoms with E-state index in [1.165, 1.54) is 17.0 Å². The number of hydrogen-bond donors (Lipinski definition) is 0. The van der Waals surface area contributed by atoms with Gasteiger partial charge in [-0.05, 0) is 18.2 Å². The molecule has 150 valence electrons. The first kappa shape index (κ1) is 20.0. The average Bonchev–Trinajstić information content (AvgIpc) is 3.08. The zero-order chi connectivity index (χ0) is 20.5. The van der Waals surface area contributed by atoms with Gasteiger partial charge in [0, 0.05) is 25.2 Å². The SMILES string of the molecule is O=C(c1ccccc1C(F)(F)F)N1CCC(Oc2cc(C(F)(F)F)ccn2)C1. The van der Waals surface area contributed by atoms with Crippen molar-refractivity contribution >= 4 is 5.91 Å². The maximum atomic E-state index is 13.1. The van der Waals surface area contributed by atoms with Crippen LogP contribution in [0, 0.1) is 0 Å². The maximum absolute atomic E-state index is 13.1. The van der Waals surface area contributed by atoms with Crippen molar-refractivity contribution in [2.75, 3.05) is 13.1 Å². The number of nitrogens with zero attached hydrogens (tertiary/aromatic N) is 2. The van der Waals surface area contributed by atoms with Gasteiger partial charge in [-0.1, -0.05) is 12.1 Å². The van der Waals surface area contributed by atoms with Crippen LogP contribution in [0.1, 0.15) is 27.9 Å². The summed E-state index contributed by atoms with van der Waals surface area (Å²) in [7, 11) is 0. The Bertz CT molecular complexity index is 866. The van der Waals surface area contributed by atoms with Crippen molar-refractivity contribution in [3.05, 3.63) is 59.3 Å². The predicted molar refractivity (Wildman–Crippen MR) is 85.6 cm³/mol. The Morgan fingerprint density at radius 1 is 1.07 bits per heavy atom. The van der Waals surface area contributed by atoms with Gasteiger partial charge in [-0.2, -0.15) is 26.3 Å². The number of likely N-dealkylation sites (tertiary alicyclic amines) is 1. The summed E-state index contributed by atoms with van der Waals surface area (Å²) >= 11 is 0. The standard InChI is InChI=1S/C18H14F6N2O2/c19-17(20,21)11-5-7-25-15(9-11)28-12-6-8-26(10-12)16(27)13-3-1-2-4-14(13)18(22,23)24/h1-5,7,9,12H,6,8,10H2. The molecule has 0 aliphatic carbocycles. The number of amides is 1. The molecule has 0 N–H and O–H groups in total. The molecule has 0 bridgehead atoms. The topological polar surface area (TPSA) is 42.4 Å². The summed E-state index contributed by atoms with van der Waals surface area (Å²) in [6.45, 7) is 0.0671. The number of carbonyl (C=O) groups excluding carboxylic acids is 1. The molecule has 28 heavy (non-hydrogen) atoms. The third-order valence-corrected chi connectivity index (χ3v) is 4.24. The second-order valence-corrected chi connectivity index (χ2v) is 6.20. The van der Waals surface area contributed by atoms with Crippen molar-refractivity contribution in [3.63, 3.8) is 0 Å². The molecule has 3 rings (SSSR count). The lowest BCUT2D eigenvalue weighted by atomic mass is 10.1. The number of hydrogen-bond acceptors (Lipinski definition) is 3. The van der Waals surface area contributed by atoms with Gasteiger partial charge in [-0.15, -0.1) is 0 Å². The molecule has 1 aliphatic rings. The normalized spacial score (nSPS) is 17.6. The highest BCUT2D eigenvalue weighted by atomic mass is 19.4. The molecule has 1 atom stereocenters. The van der Waals surface area contributed by atoms with Gasteiger partial charge in [-0.25, -0.2) is 4.98 Å². The first-order chi connectivity index (χ1) is 13.1. The lowest BCUT2D eigenvalue weighted by Crippen LogP contribution is -2.32. The molecule has 10 heteroatoms. The molecular weight excluding hydrogens is 390 g/mol. The van der Waals surface area contributed by atoms with Crippen LogP contribution in [0.2, 0.25) is 0 Å². The first-order valence-corrected chi connectivity index (χ1v) is 8.21. The third-order valence-electron chi connectivity index (χ3n) is 4.24. The molecule has 1 unspecified atom stereocenters. The molecular formula is C18H14F6N2O2. The molecule has 4 nitrogen and oxygen atoms in total. The van der Waals surface area contributed by atoms with Crippen molar-refractivity contribution in [3.8, 4) is 5.88 Å². The fourth-order valence-electron chi connectivity index (χ4n) is 2.92. The highest BCUT2D eigenvalue weighted by Crippen LogP contribution is 2.33. The van der Waals surface area contributed by atoms with Crippen LogP contribution in [-0.4, -0.2) is 35.0 Å². The lowest BCUT2D eigenvalue weighted by Gasteiger charge is -2.19. The van der Waals surface area contributed by atoms with Crippen molar-refractivity contribution in [2.45, 2.75) is 24.9 Å². The summed E-state index contributed by atoms with van der Waals surface area (Å²) in [5, 5.41) is 0. The van der Waals surface area contributed by atoms with Crippen LogP contribution < -0.4 is 4.74 Å². The fourth-order valence-corrected chi connectivity index (χ4v) is 2.92. The number of ether oxygens (including phenoxy) is 1. The van der Waals surface area contributed by atoms with E-state index in [4.69, 9.17) is 4.74 Å². The van der Waals surface area contributed by atoms with Crippen LogP contribution in [0.5, 0.6) is 5.88 Å². The number of pyridine rings is 1. The van der Waals surface area contributed by atoms with Crippen LogP contribution in [0.4, 0.5) is 26.3 Å². The Morgan fingerprint density at radius 2 is 1.79 bits per heavy atom. The second kappa shape index (κ2) is 7.33. The predicted octanol–water partition coefficient (Wildman–Crippen LogP) is 4.41. The van der Waals surface area contributed by atoms with E-state index in [9.17, 15) is 31.1 Å². The van der Waals surface area contributed by atoms with Gasteiger partial charge >= 0.3 is 12.4 Å². The van der Waals surface area contributed by atoms with Gasteiger partial charge in [0.05, 0.1) is 23.2 Å². The quantitative estimate of drug-likeness (QED) is 0.712. The van der Waals surface area contributed by atoms with E-state index in [1.54, 1.807) is 0 Å². The average molecular weight is 404 g/mol. The summed E-state index contributed by atoms with van der Waals surface area (Å²) in [6, 6.07) is 5.97. The number of carbonyl (C=O) groups is 1. The van der Waals surface area contributed by atoms with Crippen molar-refractivity contribution < 1.29 is 35.9 Å². The number of benzene rings is 1. The Labute approximate surface area is 155 Å². The summed E-state index contributed by atoms with van der Waals surface area (Å²) in [4.78, 5) is 17.4. The van der Waals surface area contributed by atoms with Crippen molar-refractivity contribution in [2.24, 2.45) is 0 Å². The van der Waals surface area contributed by atoms with Crippen LogP contribution in [0.15, 0.2) is 42.6 Å². The fraction of sp³-hybridized carbons (Fsp3) is 0.333. The van der Waals surface area contributed by atoms with E-state index in [0.29, 0.717) is 0 Å². The zero-order valence-corrected chi connectivity index (χ0v) is 14.2. The van der Waals surface area contributed by atoms with Crippen LogP contribution >= 0.6 is 0 Å². The number of alkyl halides is 6. The highest BCUT2D eigenvalue weighted by Gasteiger charge is 2.38. The Balaban J connectivity index is 1.71. The van der Waals surface area contributed by atoms with Gasteiger partial charge in [0.1, 0.15) is 6.10 Å². The van der Waals surface area contributed by atoms with E-state index < -0.39 is 41.1 Å². The number of halogens is 6. The monoisotopic (exact) mass is 404 g/mol. The van der Waals surface area contributed by atoms with Gasteiger partial charge in [-0.3, -0.25) is 4.79 Å². The van der Waals surface area contributed by atoms with Gasteiger partial charge in [0.15, 0.2) is 0 Å². The number of rotatable bonds is 3. The van der Waals surface area contributed by atoms with Crippen LogP contribution in [-0.2, 0) is 12.4 Å². The summed E-state index contributed by atoms with van der Waals surface area (Å²) < 4.78 is 82.9. The minimum absolute atomic E-state index is 0.0526. The minimum atomic E-state index is -4.68. The highest BCUT2D eigenvalue weighted by molar-refractivity contribution is 5.96. The van der Waals surface area contributed by atoms with Gasteiger partial charge < -0.3 is 9.64 Å². The zero-order valence-electron chi connectivity index (χ0n) is 14.2. The summed E-state index contributed by atoms with van der Waals surface area (Å²) in [6.07, 6.45) is -8.69. The van der Waals surface area contributed by atoms with E-state index in [-0.39, 0.29) is 25.4 Å².